The van der Waals surface area contributed by atoms with Crippen LogP contribution in [0.4, 0.5) is 0 Å². The highest BCUT2D eigenvalue weighted by atomic mass is 127. The smallest absolute Gasteiger partial charge is 0.191 e. The van der Waals surface area contributed by atoms with Crippen LogP contribution < -0.4 is 10.6 Å². The molecule has 1 aromatic rings. The largest absolute Gasteiger partial charge is 0.355 e. The van der Waals surface area contributed by atoms with Crippen LogP contribution in [0.25, 0.3) is 0 Å². The predicted molar refractivity (Wildman–Crippen MR) is 112 cm³/mol. The summed E-state index contributed by atoms with van der Waals surface area (Å²) in [5.74, 6) is 1.69. The number of nitrogens with zero attached hydrogens (tertiary/aromatic N) is 2. The lowest BCUT2D eigenvalue weighted by Gasteiger charge is -2.43. The Morgan fingerprint density at radius 2 is 2.22 bits per heavy atom. The first kappa shape index (κ1) is 20.7. The van der Waals surface area contributed by atoms with Gasteiger partial charge in [0.05, 0.1) is 6.54 Å². The fraction of sp³-hybridized carbons (Fsp3) is 0.706. The summed E-state index contributed by atoms with van der Waals surface area (Å²) in [6.07, 6.45) is 2.68. The Bertz CT molecular complexity index is 473. The van der Waals surface area contributed by atoms with E-state index in [2.05, 4.69) is 58.8 Å². The molecule has 132 valence electrons. The Kier molecular flexibility index (Phi) is 8.85. The van der Waals surface area contributed by atoms with Gasteiger partial charge in [-0.3, -0.25) is 9.89 Å². The molecule has 0 amide bonds. The second kappa shape index (κ2) is 9.84. The molecule has 23 heavy (non-hydrogen) atoms. The van der Waals surface area contributed by atoms with Crippen LogP contribution in [0.5, 0.6) is 0 Å². The number of rotatable bonds is 5. The quantitative estimate of drug-likeness (QED) is 0.410. The topological polar surface area (TPSA) is 39.7 Å². The van der Waals surface area contributed by atoms with E-state index in [0.717, 1.165) is 25.0 Å². The van der Waals surface area contributed by atoms with E-state index in [1.165, 1.54) is 30.8 Å². The number of hydrogen-bond acceptors (Lipinski definition) is 3. The average Bonchev–Trinajstić information content (AvgIpc) is 3.01. The lowest BCUT2D eigenvalue weighted by molar-refractivity contribution is 0.0739. The van der Waals surface area contributed by atoms with Crippen molar-refractivity contribution in [2.75, 3.05) is 26.7 Å². The van der Waals surface area contributed by atoms with Crippen LogP contribution in [0.3, 0.4) is 0 Å². The van der Waals surface area contributed by atoms with Gasteiger partial charge in [-0.25, -0.2) is 0 Å². The molecule has 0 aromatic carbocycles. The van der Waals surface area contributed by atoms with Gasteiger partial charge in [0.25, 0.3) is 0 Å². The summed E-state index contributed by atoms with van der Waals surface area (Å²) in [7, 11) is 1.83. The molecule has 2 heterocycles. The lowest BCUT2D eigenvalue weighted by Crippen LogP contribution is -2.55. The molecule has 1 aliphatic heterocycles. The van der Waals surface area contributed by atoms with Crippen molar-refractivity contribution < 1.29 is 0 Å². The summed E-state index contributed by atoms with van der Waals surface area (Å²) in [4.78, 5) is 8.27. The van der Waals surface area contributed by atoms with Crippen molar-refractivity contribution in [1.29, 1.82) is 0 Å². The summed E-state index contributed by atoms with van der Waals surface area (Å²) < 4.78 is 0. The molecule has 0 radical (unpaired) electrons. The van der Waals surface area contributed by atoms with Crippen LogP contribution in [-0.2, 0) is 6.54 Å². The fourth-order valence-electron chi connectivity index (χ4n) is 2.96. The zero-order valence-electron chi connectivity index (χ0n) is 14.8. The van der Waals surface area contributed by atoms with E-state index in [-0.39, 0.29) is 29.5 Å². The van der Waals surface area contributed by atoms with E-state index < -0.39 is 0 Å². The number of nitrogens with one attached hydrogen (secondary N) is 2. The van der Waals surface area contributed by atoms with Crippen LogP contribution >= 0.6 is 35.3 Å². The highest BCUT2D eigenvalue weighted by Crippen LogP contribution is 2.23. The van der Waals surface area contributed by atoms with Crippen LogP contribution in [0.15, 0.2) is 22.5 Å². The van der Waals surface area contributed by atoms with Gasteiger partial charge in [0.1, 0.15) is 0 Å². The van der Waals surface area contributed by atoms with Gasteiger partial charge in [-0.1, -0.05) is 13.0 Å². The number of hydrogen-bond donors (Lipinski definition) is 2. The van der Waals surface area contributed by atoms with Crippen molar-refractivity contribution in [2.24, 2.45) is 10.9 Å². The third-order valence-electron chi connectivity index (χ3n) is 4.44. The van der Waals surface area contributed by atoms with Gasteiger partial charge < -0.3 is 10.6 Å². The predicted octanol–water partition coefficient (Wildman–Crippen LogP) is 3.54. The number of halogens is 1. The molecule has 0 spiro atoms. The summed E-state index contributed by atoms with van der Waals surface area (Å²) in [6, 6.07) is 4.22. The molecule has 1 saturated heterocycles. The standard InChI is InChI=1S/C17H30N4S.HI/c1-14-7-5-9-21(12-14)17(2,3)13-20-16(18-4)19-11-15-8-6-10-22-15;/h6,8,10,14H,5,7,9,11-13H2,1-4H3,(H2,18,19,20);1H. The zero-order chi connectivity index (χ0) is 16.0. The van der Waals surface area contributed by atoms with E-state index in [4.69, 9.17) is 0 Å². The van der Waals surface area contributed by atoms with E-state index in [9.17, 15) is 0 Å². The minimum absolute atomic E-state index is 0. The van der Waals surface area contributed by atoms with Crippen LogP contribution in [0, 0.1) is 5.92 Å². The summed E-state index contributed by atoms with van der Waals surface area (Å²) in [5.41, 5.74) is 0.148. The Hall–Kier alpha value is -0.340. The number of piperidine rings is 1. The highest BCUT2D eigenvalue weighted by Gasteiger charge is 2.30. The van der Waals surface area contributed by atoms with Gasteiger partial charge in [0, 0.05) is 30.6 Å². The highest BCUT2D eigenvalue weighted by molar-refractivity contribution is 14.0. The zero-order valence-corrected chi connectivity index (χ0v) is 17.9. The van der Waals surface area contributed by atoms with Gasteiger partial charge in [0.2, 0.25) is 0 Å². The normalized spacial score (nSPS) is 20.0. The Morgan fingerprint density at radius 1 is 1.43 bits per heavy atom. The van der Waals surface area contributed by atoms with Crippen molar-refractivity contribution in [3.05, 3.63) is 22.4 Å². The number of likely N-dealkylation sites (tertiary alicyclic amines) is 1. The minimum Gasteiger partial charge on any atom is -0.355 e. The molecule has 2 rings (SSSR count). The molecule has 1 aliphatic rings. The van der Waals surface area contributed by atoms with E-state index in [1.54, 1.807) is 11.3 Å². The van der Waals surface area contributed by atoms with Gasteiger partial charge >= 0.3 is 0 Å². The maximum atomic E-state index is 4.33. The van der Waals surface area contributed by atoms with Gasteiger partial charge in [-0.05, 0) is 50.6 Å². The maximum absolute atomic E-state index is 4.33. The first-order chi connectivity index (χ1) is 10.5. The summed E-state index contributed by atoms with van der Waals surface area (Å²) in [6.45, 7) is 11.2. The van der Waals surface area contributed by atoms with Gasteiger partial charge in [-0.2, -0.15) is 0 Å². The van der Waals surface area contributed by atoms with Crippen LogP contribution in [0.1, 0.15) is 38.5 Å². The summed E-state index contributed by atoms with van der Waals surface area (Å²) in [5, 5.41) is 8.98. The Balaban J connectivity index is 0.00000264. The Morgan fingerprint density at radius 3 is 2.83 bits per heavy atom. The van der Waals surface area contributed by atoms with Gasteiger partial charge in [0.15, 0.2) is 5.96 Å². The molecule has 2 N–H and O–H groups in total. The SMILES string of the molecule is CN=C(NCc1cccs1)NCC(C)(C)N1CCCC(C)C1.I. The van der Waals surface area contributed by atoms with Crippen molar-refractivity contribution in [1.82, 2.24) is 15.5 Å². The van der Waals surface area contributed by atoms with Crippen LogP contribution in [-0.4, -0.2) is 43.1 Å². The van der Waals surface area contributed by atoms with Crippen molar-refractivity contribution in [2.45, 2.75) is 45.7 Å². The van der Waals surface area contributed by atoms with Crippen molar-refractivity contribution in [3.63, 3.8) is 0 Å². The number of aliphatic imine (C=N–C) groups is 1. The molecule has 1 aromatic heterocycles. The van der Waals surface area contributed by atoms with E-state index >= 15 is 0 Å². The first-order valence-electron chi connectivity index (χ1n) is 8.23. The fourth-order valence-corrected chi connectivity index (χ4v) is 3.60. The molecule has 4 nitrogen and oxygen atoms in total. The molecule has 6 heteroatoms. The number of guanidine groups is 1. The molecular weight excluding hydrogens is 419 g/mol. The number of thiophene rings is 1. The van der Waals surface area contributed by atoms with E-state index in [0.29, 0.717) is 0 Å². The van der Waals surface area contributed by atoms with E-state index in [1.807, 2.05) is 7.05 Å². The average molecular weight is 450 g/mol. The van der Waals surface area contributed by atoms with Crippen LogP contribution in [0.2, 0.25) is 0 Å². The van der Waals surface area contributed by atoms with Gasteiger partial charge in [-0.15, -0.1) is 35.3 Å². The molecule has 0 bridgehead atoms. The molecular formula is C17H31IN4S. The molecule has 1 fully saturated rings. The summed E-state index contributed by atoms with van der Waals surface area (Å²) >= 11 is 1.77. The molecule has 1 atom stereocenters. The monoisotopic (exact) mass is 450 g/mol. The maximum Gasteiger partial charge on any atom is 0.191 e. The third-order valence-corrected chi connectivity index (χ3v) is 5.31. The van der Waals surface area contributed by atoms with Crippen molar-refractivity contribution >= 4 is 41.3 Å². The molecule has 0 aliphatic carbocycles. The lowest BCUT2D eigenvalue weighted by atomic mass is 9.93. The Labute approximate surface area is 162 Å². The second-order valence-corrected chi connectivity index (χ2v) is 7.90. The molecule has 1 unspecified atom stereocenters. The van der Waals surface area contributed by atoms with Crippen molar-refractivity contribution in [3.8, 4) is 0 Å². The second-order valence-electron chi connectivity index (χ2n) is 6.86. The third kappa shape index (κ3) is 6.58. The minimum atomic E-state index is 0. The first-order valence-corrected chi connectivity index (χ1v) is 9.11. The molecule has 0 saturated carbocycles.